The van der Waals surface area contributed by atoms with Crippen LogP contribution in [0.5, 0.6) is 5.75 Å². The third kappa shape index (κ3) is 4.81. The SMILES string of the molecule is CC(=O)NCC1CN(C(C)C)C(=O)c2c(O)c(=O)c(-c3ncc(Cc4ccc(F)cc4F)s3)cn21. The number of aromatic hydroxyl groups is 1. The maximum Gasteiger partial charge on any atom is 0.274 e. The summed E-state index contributed by atoms with van der Waals surface area (Å²) in [6.07, 6.45) is 3.11. The first-order chi connectivity index (χ1) is 16.6. The molecular weight excluding hydrogens is 478 g/mol. The molecule has 1 unspecified atom stereocenters. The molecule has 4 rings (SSSR count). The van der Waals surface area contributed by atoms with Gasteiger partial charge in [0.15, 0.2) is 11.4 Å². The molecule has 3 aromatic rings. The molecule has 0 saturated heterocycles. The molecule has 1 aromatic carbocycles. The topological polar surface area (TPSA) is 105 Å². The molecule has 0 spiro atoms. The van der Waals surface area contributed by atoms with Crippen molar-refractivity contribution in [1.82, 2.24) is 19.8 Å². The molecule has 2 aromatic heterocycles. The first-order valence-electron chi connectivity index (χ1n) is 11.0. The molecule has 0 radical (unpaired) electrons. The van der Waals surface area contributed by atoms with Crippen LogP contribution in [0.2, 0.25) is 0 Å². The van der Waals surface area contributed by atoms with Crippen LogP contribution in [0.4, 0.5) is 8.78 Å². The Morgan fingerprint density at radius 1 is 1.31 bits per heavy atom. The van der Waals surface area contributed by atoms with E-state index in [1.165, 1.54) is 36.0 Å². The van der Waals surface area contributed by atoms with Crippen LogP contribution >= 0.6 is 11.3 Å². The fourth-order valence-corrected chi connectivity index (χ4v) is 4.98. The number of fused-ring (bicyclic) bond motifs is 1. The van der Waals surface area contributed by atoms with Crippen molar-refractivity contribution in [3.05, 3.63) is 68.6 Å². The van der Waals surface area contributed by atoms with Crippen LogP contribution in [0.1, 0.15) is 47.7 Å². The third-order valence-corrected chi connectivity index (χ3v) is 6.88. The molecule has 0 saturated carbocycles. The molecule has 184 valence electrons. The number of carbonyl (C=O) groups excluding carboxylic acids is 2. The van der Waals surface area contributed by atoms with Crippen LogP contribution in [0.3, 0.4) is 0 Å². The Hall–Kier alpha value is -3.60. The summed E-state index contributed by atoms with van der Waals surface area (Å²) in [5, 5.41) is 13.8. The van der Waals surface area contributed by atoms with E-state index in [0.29, 0.717) is 4.88 Å². The van der Waals surface area contributed by atoms with Crippen molar-refractivity contribution < 1.29 is 23.5 Å². The lowest BCUT2D eigenvalue weighted by atomic mass is 10.1. The van der Waals surface area contributed by atoms with Crippen LogP contribution in [-0.4, -0.2) is 50.5 Å². The summed E-state index contributed by atoms with van der Waals surface area (Å²) in [7, 11) is 0. The largest absolute Gasteiger partial charge is 0.503 e. The highest BCUT2D eigenvalue weighted by Gasteiger charge is 2.36. The molecular formula is C24H24F2N4O4S. The van der Waals surface area contributed by atoms with E-state index in [1.807, 2.05) is 13.8 Å². The zero-order chi connectivity index (χ0) is 25.4. The number of aromatic nitrogens is 2. The lowest BCUT2D eigenvalue weighted by Gasteiger charge is -2.38. The number of benzene rings is 1. The van der Waals surface area contributed by atoms with E-state index in [2.05, 4.69) is 10.3 Å². The molecule has 2 N–H and O–H groups in total. The average Bonchev–Trinajstić information content (AvgIpc) is 3.25. The Kier molecular flexibility index (Phi) is 6.70. The highest BCUT2D eigenvalue weighted by molar-refractivity contribution is 7.15. The molecule has 11 heteroatoms. The van der Waals surface area contributed by atoms with Gasteiger partial charge >= 0.3 is 0 Å². The fourth-order valence-electron chi connectivity index (χ4n) is 4.04. The number of halogens is 2. The van der Waals surface area contributed by atoms with E-state index >= 15 is 0 Å². The summed E-state index contributed by atoms with van der Waals surface area (Å²) >= 11 is 1.13. The van der Waals surface area contributed by atoms with Crippen LogP contribution < -0.4 is 10.7 Å². The van der Waals surface area contributed by atoms with Gasteiger partial charge in [-0.05, 0) is 25.5 Å². The summed E-state index contributed by atoms with van der Waals surface area (Å²) in [6.45, 7) is 5.50. The summed E-state index contributed by atoms with van der Waals surface area (Å²) in [5.41, 5.74) is -0.524. The fraction of sp³-hybridized carbons (Fsp3) is 0.333. The van der Waals surface area contributed by atoms with Crippen molar-refractivity contribution in [2.45, 2.75) is 39.3 Å². The Bertz CT molecular complexity index is 1370. The summed E-state index contributed by atoms with van der Waals surface area (Å²) in [5.74, 6) is -2.77. The highest BCUT2D eigenvalue weighted by Crippen LogP contribution is 2.32. The summed E-state index contributed by atoms with van der Waals surface area (Å²) < 4.78 is 28.8. The van der Waals surface area contributed by atoms with Crippen molar-refractivity contribution in [3.8, 4) is 16.3 Å². The van der Waals surface area contributed by atoms with Crippen LogP contribution in [-0.2, 0) is 11.2 Å². The first-order valence-corrected chi connectivity index (χ1v) is 11.8. The van der Waals surface area contributed by atoms with E-state index in [1.54, 1.807) is 4.90 Å². The van der Waals surface area contributed by atoms with Gasteiger partial charge in [0.05, 0.1) is 11.6 Å². The molecule has 0 aliphatic carbocycles. The number of pyridine rings is 1. The molecule has 2 amide bonds. The number of nitrogens with one attached hydrogen (secondary N) is 1. The van der Waals surface area contributed by atoms with E-state index in [4.69, 9.17) is 0 Å². The lowest BCUT2D eigenvalue weighted by Crippen LogP contribution is -2.50. The average molecular weight is 503 g/mol. The molecule has 1 aliphatic rings. The van der Waals surface area contributed by atoms with Gasteiger partial charge in [0.1, 0.15) is 16.6 Å². The van der Waals surface area contributed by atoms with E-state index in [0.717, 1.165) is 17.4 Å². The van der Waals surface area contributed by atoms with E-state index in [9.17, 15) is 28.3 Å². The van der Waals surface area contributed by atoms with Gasteiger partial charge < -0.3 is 19.9 Å². The lowest BCUT2D eigenvalue weighted by molar-refractivity contribution is -0.119. The predicted molar refractivity (Wildman–Crippen MR) is 127 cm³/mol. The Labute approximate surface area is 203 Å². The van der Waals surface area contributed by atoms with Gasteiger partial charge in [-0.3, -0.25) is 14.4 Å². The standard InChI is InChI=1S/C24H24F2N4O4S/c1-12(2)29-10-16(8-27-13(3)31)30-11-18(21(32)22(33)20(30)24(29)34)23-28-9-17(35-23)6-14-4-5-15(25)7-19(14)26/h4-5,7,9,11-12,16,33H,6,8,10H2,1-3H3,(H,27,31). The molecule has 3 heterocycles. The molecule has 1 atom stereocenters. The number of carbonyl (C=O) groups is 2. The quantitative estimate of drug-likeness (QED) is 0.539. The maximum absolute atomic E-state index is 14.1. The summed E-state index contributed by atoms with van der Waals surface area (Å²) in [6, 6.07) is 2.71. The Balaban J connectivity index is 1.75. The number of rotatable bonds is 6. The molecule has 1 aliphatic heterocycles. The minimum atomic E-state index is -0.748. The predicted octanol–water partition coefficient (Wildman–Crippen LogP) is 3.09. The van der Waals surface area contributed by atoms with Gasteiger partial charge in [-0.2, -0.15) is 0 Å². The van der Waals surface area contributed by atoms with Gasteiger partial charge in [0.25, 0.3) is 5.91 Å². The normalized spacial score (nSPS) is 15.4. The van der Waals surface area contributed by atoms with Gasteiger partial charge in [0.2, 0.25) is 11.3 Å². The van der Waals surface area contributed by atoms with Gasteiger partial charge in [-0.15, -0.1) is 11.3 Å². The van der Waals surface area contributed by atoms with Crippen LogP contribution in [0, 0.1) is 11.6 Å². The number of nitrogens with zero attached hydrogens (tertiary/aromatic N) is 3. The Morgan fingerprint density at radius 3 is 2.71 bits per heavy atom. The van der Waals surface area contributed by atoms with Crippen molar-refractivity contribution in [3.63, 3.8) is 0 Å². The second-order valence-electron chi connectivity index (χ2n) is 8.66. The monoisotopic (exact) mass is 502 g/mol. The van der Waals surface area contributed by atoms with Crippen molar-refractivity contribution >= 4 is 23.2 Å². The maximum atomic E-state index is 14.1. The highest BCUT2D eigenvalue weighted by atomic mass is 32.1. The second kappa shape index (κ2) is 9.57. The minimum absolute atomic E-state index is 0.0840. The smallest absolute Gasteiger partial charge is 0.274 e. The Morgan fingerprint density at radius 2 is 2.06 bits per heavy atom. The number of hydrogen-bond donors (Lipinski definition) is 2. The number of thiazole rings is 1. The molecule has 8 nitrogen and oxygen atoms in total. The van der Waals surface area contributed by atoms with Crippen molar-refractivity contribution in [2.75, 3.05) is 13.1 Å². The molecule has 0 bridgehead atoms. The zero-order valence-corrected chi connectivity index (χ0v) is 20.2. The first kappa shape index (κ1) is 24.5. The van der Waals surface area contributed by atoms with Gasteiger partial charge in [-0.1, -0.05) is 6.07 Å². The second-order valence-corrected chi connectivity index (χ2v) is 9.78. The number of hydrogen-bond acceptors (Lipinski definition) is 6. The van der Waals surface area contributed by atoms with Crippen molar-refractivity contribution in [1.29, 1.82) is 0 Å². The zero-order valence-electron chi connectivity index (χ0n) is 19.3. The minimum Gasteiger partial charge on any atom is -0.503 e. The van der Waals surface area contributed by atoms with E-state index in [-0.39, 0.29) is 53.3 Å². The van der Waals surface area contributed by atoms with Crippen molar-refractivity contribution in [2.24, 2.45) is 0 Å². The molecule has 35 heavy (non-hydrogen) atoms. The van der Waals surface area contributed by atoms with Gasteiger partial charge in [-0.25, -0.2) is 13.8 Å². The molecule has 0 fully saturated rings. The third-order valence-electron chi connectivity index (χ3n) is 5.85. The van der Waals surface area contributed by atoms with Gasteiger partial charge in [0, 0.05) is 55.8 Å². The number of amides is 2. The van der Waals surface area contributed by atoms with Crippen LogP contribution in [0.15, 0.2) is 35.4 Å². The van der Waals surface area contributed by atoms with Crippen LogP contribution in [0.25, 0.3) is 10.6 Å². The van der Waals surface area contributed by atoms with E-state index < -0.39 is 34.8 Å². The summed E-state index contributed by atoms with van der Waals surface area (Å²) in [4.78, 5) is 44.1.